The summed E-state index contributed by atoms with van der Waals surface area (Å²) in [6, 6.07) is 7.73. The Morgan fingerprint density at radius 1 is 1.05 bits per heavy atom. The molecule has 336 valence electrons. The number of ether oxygens (including phenoxy) is 1. The van der Waals surface area contributed by atoms with Crippen molar-refractivity contribution in [2.45, 2.75) is 101 Å². The van der Waals surface area contributed by atoms with Gasteiger partial charge in [-0.25, -0.2) is 13.8 Å². The minimum Gasteiger partial charge on any atom is -0.495 e. The lowest BCUT2D eigenvalue weighted by molar-refractivity contribution is -0.134. The summed E-state index contributed by atoms with van der Waals surface area (Å²) in [6.45, 7) is 5.88. The predicted molar refractivity (Wildman–Crippen MR) is 232 cm³/mol. The molecule has 1 aromatic heterocycles. The fourth-order valence-corrected chi connectivity index (χ4v) is 11.4. The molecule has 15 nitrogen and oxygen atoms in total. The zero-order valence-corrected chi connectivity index (χ0v) is 36.2. The summed E-state index contributed by atoms with van der Waals surface area (Å²) in [5.74, 6) is -2.02. The van der Waals surface area contributed by atoms with Crippen LogP contribution >= 0.6 is 0 Å². The molecule has 3 aromatic rings. The van der Waals surface area contributed by atoms with E-state index in [4.69, 9.17) is 9.72 Å². The van der Waals surface area contributed by atoms with Gasteiger partial charge in [0.2, 0.25) is 23.7 Å². The molecule has 2 aliphatic carbocycles. The van der Waals surface area contributed by atoms with Crippen molar-refractivity contribution in [2.75, 3.05) is 73.5 Å². The number of aliphatic hydroxyl groups is 1. The highest BCUT2D eigenvalue weighted by molar-refractivity contribution is 6.04. The quantitative estimate of drug-likeness (QED) is 0.170. The van der Waals surface area contributed by atoms with E-state index in [9.17, 15) is 24.3 Å². The Labute approximate surface area is 365 Å². The predicted octanol–water partition coefficient (Wildman–Crippen LogP) is 5.00. The summed E-state index contributed by atoms with van der Waals surface area (Å²) in [5.41, 5.74) is 1.31. The monoisotopic (exact) mass is 869 g/mol. The molecular formula is C46H57F2N9O6. The molecule has 2 aromatic carbocycles. The van der Waals surface area contributed by atoms with Gasteiger partial charge in [-0.1, -0.05) is 19.8 Å². The number of halogens is 2. The minimum atomic E-state index is -1.03. The molecule has 63 heavy (non-hydrogen) atoms. The van der Waals surface area contributed by atoms with Gasteiger partial charge in [0.1, 0.15) is 29.1 Å². The summed E-state index contributed by atoms with van der Waals surface area (Å²) in [7, 11) is 3.32. The SMILES string of the molecule is CC[C@@H]1C(=O)N(C)c2cnc(Nc3ccc(C(=O)NC4(CCO)CCC5(CN(CC6CN(c7cc(F)c(C8CCC(=O)NC8=O)c(F)c7)C6)C5)C4)cc3OC)nc2N1C1CCCC1. The van der Waals surface area contributed by atoms with Crippen molar-refractivity contribution in [3.05, 3.63) is 59.3 Å². The molecule has 4 aliphatic heterocycles. The third kappa shape index (κ3) is 8.06. The van der Waals surface area contributed by atoms with Crippen LogP contribution in [0.3, 0.4) is 0 Å². The van der Waals surface area contributed by atoms with Gasteiger partial charge in [0.05, 0.1) is 24.9 Å². The fourth-order valence-electron chi connectivity index (χ4n) is 11.4. The molecule has 3 atom stereocenters. The van der Waals surface area contributed by atoms with E-state index in [1.165, 1.54) is 12.1 Å². The van der Waals surface area contributed by atoms with Crippen LogP contribution < -0.4 is 35.4 Å². The van der Waals surface area contributed by atoms with E-state index in [2.05, 4.69) is 30.7 Å². The van der Waals surface area contributed by atoms with E-state index >= 15 is 8.78 Å². The highest BCUT2D eigenvalue weighted by Gasteiger charge is 2.54. The van der Waals surface area contributed by atoms with Crippen molar-refractivity contribution in [3.63, 3.8) is 0 Å². The van der Waals surface area contributed by atoms with Gasteiger partial charge in [-0.2, -0.15) is 4.98 Å². The van der Waals surface area contributed by atoms with Gasteiger partial charge in [-0.3, -0.25) is 24.5 Å². The first kappa shape index (κ1) is 42.9. The van der Waals surface area contributed by atoms with E-state index < -0.39 is 34.9 Å². The number of nitrogens with one attached hydrogen (secondary N) is 3. The third-order valence-electron chi connectivity index (χ3n) is 14.5. The molecule has 2 saturated carbocycles. The van der Waals surface area contributed by atoms with Gasteiger partial charge < -0.3 is 40.1 Å². The Balaban J connectivity index is 0.803. The average Bonchev–Trinajstić information content (AvgIpc) is 3.90. The summed E-state index contributed by atoms with van der Waals surface area (Å²) in [5, 5.41) is 18.9. The van der Waals surface area contributed by atoms with E-state index in [0.717, 1.165) is 70.4 Å². The van der Waals surface area contributed by atoms with E-state index in [-0.39, 0.29) is 54.3 Å². The van der Waals surface area contributed by atoms with Crippen LogP contribution in [0.25, 0.3) is 0 Å². The Hall–Kier alpha value is -5.42. The molecule has 3 saturated heterocycles. The normalized spacial score (nSPS) is 24.9. The Kier molecular flexibility index (Phi) is 11.5. The molecule has 6 aliphatic rings. The zero-order valence-electron chi connectivity index (χ0n) is 36.2. The van der Waals surface area contributed by atoms with Crippen LogP contribution in [0.4, 0.5) is 37.6 Å². The van der Waals surface area contributed by atoms with Crippen LogP contribution in [0.5, 0.6) is 5.75 Å². The zero-order chi connectivity index (χ0) is 44.2. The number of carbonyl (C=O) groups excluding carboxylic acids is 4. The van der Waals surface area contributed by atoms with Crippen LogP contribution in [0.1, 0.15) is 99.4 Å². The molecule has 2 unspecified atom stereocenters. The van der Waals surface area contributed by atoms with Crippen molar-refractivity contribution in [1.29, 1.82) is 0 Å². The summed E-state index contributed by atoms with van der Waals surface area (Å²) in [6.07, 6.45) is 9.62. The number of fused-ring (bicyclic) bond motifs is 1. The van der Waals surface area contributed by atoms with Gasteiger partial charge in [-0.05, 0) is 87.1 Å². The highest BCUT2D eigenvalue weighted by Crippen LogP contribution is 2.52. The highest BCUT2D eigenvalue weighted by atomic mass is 19.1. The van der Waals surface area contributed by atoms with Crippen molar-refractivity contribution in [1.82, 2.24) is 25.5 Å². The molecule has 9 rings (SSSR count). The molecule has 4 N–H and O–H groups in total. The number of hydrogen-bond acceptors (Lipinski definition) is 12. The summed E-state index contributed by atoms with van der Waals surface area (Å²) in [4.78, 5) is 68.8. The van der Waals surface area contributed by atoms with Gasteiger partial charge >= 0.3 is 0 Å². The number of likely N-dealkylation sites (tertiary alicyclic amines) is 1. The van der Waals surface area contributed by atoms with Crippen LogP contribution in [0.2, 0.25) is 0 Å². The van der Waals surface area contributed by atoms with Gasteiger partial charge in [0.15, 0.2) is 5.82 Å². The van der Waals surface area contributed by atoms with E-state index in [1.807, 2.05) is 11.8 Å². The number of aliphatic hydroxyl groups excluding tert-OH is 1. The number of anilines is 5. The summed E-state index contributed by atoms with van der Waals surface area (Å²) >= 11 is 0. The Bertz CT molecular complexity index is 2270. The smallest absolute Gasteiger partial charge is 0.251 e. The molecular weight excluding hydrogens is 813 g/mol. The molecule has 0 bridgehead atoms. The number of benzene rings is 2. The van der Waals surface area contributed by atoms with Gasteiger partial charge in [0.25, 0.3) is 5.91 Å². The van der Waals surface area contributed by atoms with Crippen molar-refractivity contribution < 1.29 is 37.8 Å². The Morgan fingerprint density at radius 3 is 2.48 bits per heavy atom. The number of hydrogen-bond donors (Lipinski definition) is 4. The molecule has 17 heteroatoms. The standard InChI is InChI=1S/C46H57F2N9O6/c1-4-35-43(62)54(2)36-20-49-44(52-40(36)57(35)29-7-5-6-8-29)50-34-11-9-28(17-37(34)63-3)41(60)53-46(15-16-58)14-13-45(24-46)25-55(26-45)21-27-22-56(23-27)30-18-32(47)39(33(48)19-30)31-10-12-38(59)51-42(31)61/h9,11,17-20,27,29,31,35,58H,4-8,10,12-16,21-26H2,1-3H3,(H,53,60)(H,49,50,52)(H,51,59,61)/t31?,35-,46?/m1/s1. The number of methoxy groups -OCH3 is 1. The number of likely N-dealkylation sites (N-methyl/N-ethyl adjacent to an activating group) is 1. The average molecular weight is 870 g/mol. The van der Waals surface area contributed by atoms with Crippen LogP contribution in [-0.2, 0) is 14.4 Å². The first-order valence-electron chi connectivity index (χ1n) is 22.4. The topological polar surface area (TPSA) is 173 Å². The number of nitrogens with zero attached hydrogens (tertiary/aromatic N) is 6. The van der Waals surface area contributed by atoms with E-state index in [0.29, 0.717) is 66.2 Å². The first-order valence-corrected chi connectivity index (χ1v) is 22.4. The molecule has 4 amide bonds. The van der Waals surface area contributed by atoms with Crippen LogP contribution in [-0.4, -0.2) is 115 Å². The molecule has 1 spiro atoms. The lowest BCUT2D eigenvalue weighted by Crippen LogP contribution is -2.61. The van der Waals surface area contributed by atoms with Crippen molar-refractivity contribution in [2.24, 2.45) is 11.3 Å². The van der Waals surface area contributed by atoms with Crippen molar-refractivity contribution in [3.8, 4) is 5.75 Å². The van der Waals surface area contributed by atoms with Gasteiger partial charge in [0, 0.05) is 87.1 Å². The minimum absolute atomic E-state index is 0.0247. The number of amides is 4. The van der Waals surface area contributed by atoms with Crippen LogP contribution in [0.15, 0.2) is 36.5 Å². The maximum absolute atomic E-state index is 15.2. The molecule has 5 heterocycles. The Morgan fingerprint density at radius 2 is 1.79 bits per heavy atom. The number of carbonyl (C=O) groups is 4. The molecule has 0 radical (unpaired) electrons. The lowest BCUT2D eigenvalue weighted by Gasteiger charge is -2.53. The second-order valence-electron chi connectivity index (χ2n) is 18.8. The van der Waals surface area contributed by atoms with Crippen molar-refractivity contribution >= 4 is 52.5 Å². The number of aromatic nitrogens is 2. The lowest BCUT2D eigenvalue weighted by atomic mass is 9.75. The number of piperidine rings is 1. The summed E-state index contributed by atoms with van der Waals surface area (Å²) < 4.78 is 36.1. The maximum Gasteiger partial charge on any atom is 0.251 e. The second kappa shape index (κ2) is 16.9. The number of rotatable bonds is 13. The maximum atomic E-state index is 15.2. The number of imide groups is 1. The fraction of sp³-hybridized carbons (Fsp3) is 0.565. The van der Waals surface area contributed by atoms with Gasteiger partial charge in [-0.15, -0.1) is 0 Å². The van der Waals surface area contributed by atoms with E-state index in [1.54, 1.807) is 43.5 Å². The van der Waals surface area contributed by atoms with Crippen LogP contribution in [0, 0.1) is 23.0 Å². The third-order valence-corrected chi connectivity index (χ3v) is 14.5. The largest absolute Gasteiger partial charge is 0.495 e. The molecule has 5 fully saturated rings. The first-order chi connectivity index (χ1) is 30.3. The second-order valence-corrected chi connectivity index (χ2v) is 18.8.